The van der Waals surface area contributed by atoms with Gasteiger partial charge in [0, 0.05) is 41.3 Å². The van der Waals surface area contributed by atoms with Crippen LogP contribution in [-0.2, 0) is 0 Å². The van der Waals surface area contributed by atoms with Gasteiger partial charge in [0.15, 0.2) is 0 Å². The first-order valence-corrected chi connectivity index (χ1v) is 7.79. The van der Waals surface area contributed by atoms with Crippen LogP contribution in [0.2, 0.25) is 0 Å². The summed E-state index contributed by atoms with van der Waals surface area (Å²) in [6, 6.07) is 20.7. The number of nitrogens with zero attached hydrogens (tertiary/aromatic N) is 4. The molecule has 0 radical (unpaired) electrons. The van der Waals surface area contributed by atoms with E-state index in [4.69, 9.17) is 5.26 Å². The van der Waals surface area contributed by atoms with E-state index in [0.29, 0.717) is 22.6 Å². The fourth-order valence-corrected chi connectivity index (χ4v) is 2.58. The van der Waals surface area contributed by atoms with Gasteiger partial charge in [0.1, 0.15) is 0 Å². The summed E-state index contributed by atoms with van der Waals surface area (Å²) in [5.74, 6) is 0. The predicted octanol–water partition coefficient (Wildman–Crippen LogP) is 4.84. The monoisotopic (exact) mass is 360 g/mol. The van der Waals surface area contributed by atoms with Crippen LogP contribution in [0.1, 0.15) is 5.56 Å². The summed E-state index contributed by atoms with van der Waals surface area (Å²) in [5.41, 5.74) is 2.39. The van der Waals surface area contributed by atoms with Crippen LogP contribution in [-0.4, -0.2) is 9.85 Å². The van der Waals surface area contributed by atoms with Crippen molar-refractivity contribution < 1.29 is 9.85 Å². The Hall–Kier alpha value is -4.25. The van der Waals surface area contributed by atoms with E-state index in [2.05, 4.69) is 0 Å². The quantitative estimate of drug-likeness (QED) is 0.475. The van der Waals surface area contributed by atoms with Crippen molar-refractivity contribution in [2.24, 2.45) is 0 Å². The fraction of sp³-hybridized carbons (Fsp3) is 0. The zero-order chi connectivity index (χ0) is 19.4. The molecule has 0 aliphatic heterocycles. The van der Waals surface area contributed by atoms with Crippen molar-refractivity contribution in [2.75, 3.05) is 4.90 Å². The number of benzene rings is 3. The molecule has 0 amide bonds. The number of nitriles is 1. The molecular weight excluding hydrogens is 348 g/mol. The van der Waals surface area contributed by atoms with E-state index in [-0.39, 0.29) is 11.4 Å². The van der Waals surface area contributed by atoms with Gasteiger partial charge in [0.2, 0.25) is 0 Å². The van der Waals surface area contributed by atoms with Crippen molar-refractivity contribution in [2.45, 2.75) is 0 Å². The average molecular weight is 360 g/mol. The molecule has 3 aromatic rings. The first-order valence-electron chi connectivity index (χ1n) is 7.79. The highest BCUT2D eigenvalue weighted by Crippen LogP contribution is 2.36. The van der Waals surface area contributed by atoms with E-state index in [0.717, 1.165) is 0 Å². The highest BCUT2D eigenvalue weighted by molar-refractivity contribution is 5.77. The van der Waals surface area contributed by atoms with Gasteiger partial charge in [0.05, 0.1) is 21.5 Å². The van der Waals surface area contributed by atoms with Crippen molar-refractivity contribution in [3.8, 4) is 6.07 Å². The number of rotatable bonds is 5. The normalized spacial score (nSPS) is 10.0. The summed E-state index contributed by atoms with van der Waals surface area (Å²) < 4.78 is 0. The Labute approximate surface area is 153 Å². The molecule has 0 aromatic heterocycles. The number of nitro benzene ring substituents is 2. The van der Waals surface area contributed by atoms with Crippen molar-refractivity contribution in [1.82, 2.24) is 0 Å². The molecule has 0 aliphatic carbocycles. The molecule has 0 bridgehead atoms. The van der Waals surface area contributed by atoms with Crippen LogP contribution in [0.15, 0.2) is 72.8 Å². The lowest BCUT2D eigenvalue weighted by atomic mass is 10.1. The number of anilines is 3. The summed E-state index contributed by atoms with van der Waals surface area (Å²) in [6.07, 6.45) is 0. The lowest BCUT2D eigenvalue weighted by molar-refractivity contribution is -0.385. The number of hydrogen-bond donors (Lipinski definition) is 0. The number of hydrogen-bond acceptors (Lipinski definition) is 6. The second-order valence-electron chi connectivity index (χ2n) is 5.54. The first-order chi connectivity index (χ1) is 13.0. The smallest absolute Gasteiger partial charge is 0.269 e. The van der Waals surface area contributed by atoms with Gasteiger partial charge < -0.3 is 4.90 Å². The van der Waals surface area contributed by atoms with Gasteiger partial charge in [-0.1, -0.05) is 0 Å². The van der Waals surface area contributed by atoms with Gasteiger partial charge in [-0.05, 0) is 48.5 Å². The van der Waals surface area contributed by atoms with Crippen LogP contribution >= 0.6 is 0 Å². The minimum atomic E-state index is -0.484. The Morgan fingerprint density at radius 2 is 1.00 bits per heavy atom. The third kappa shape index (κ3) is 3.72. The Morgan fingerprint density at radius 3 is 1.30 bits per heavy atom. The molecule has 0 N–H and O–H groups in total. The van der Waals surface area contributed by atoms with Gasteiger partial charge in [-0.2, -0.15) is 5.26 Å². The molecule has 8 heteroatoms. The summed E-state index contributed by atoms with van der Waals surface area (Å²) in [4.78, 5) is 22.6. The summed E-state index contributed by atoms with van der Waals surface area (Å²) >= 11 is 0. The molecule has 0 aliphatic rings. The highest BCUT2D eigenvalue weighted by Gasteiger charge is 2.15. The molecule has 0 saturated carbocycles. The molecule has 0 heterocycles. The summed E-state index contributed by atoms with van der Waals surface area (Å²) in [7, 11) is 0. The number of non-ortho nitro benzene ring substituents is 2. The van der Waals surface area contributed by atoms with Crippen LogP contribution < -0.4 is 4.90 Å². The maximum Gasteiger partial charge on any atom is 0.269 e. The highest BCUT2D eigenvalue weighted by atomic mass is 16.6. The molecule has 3 rings (SSSR count). The first kappa shape index (κ1) is 17.6. The van der Waals surface area contributed by atoms with Crippen LogP contribution in [0, 0.1) is 31.6 Å². The van der Waals surface area contributed by atoms with E-state index in [1.165, 1.54) is 24.3 Å². The van der Waals surface area contributed by atoms with Gasteiger partial charge in [-0.3, -0.25) is 20.2 Å². The second kappa shape index (κ2) is 7.33. The third-order valence-corrected chi connectivity index (χ3v) is 3.89. The van der Waals surface area contributed by atoms with Crippen molar-refractivity contribution >= 4 is 28.4 Å². The molecular formula is C19H12N4O4. The Morgan fingerprint density at radius 1 is 0.667 bits per heavy atom. The Balaban J connectivity index is 2.08. The van der Waals surface area contributed by atoms with E-state index in [9.17, 15) is 20.2 Å². The molecule has 132 valence electrons. The minimum Gasteiger partial charge on any atom is -0.310 e. The molecule has 8 nitrogen and oxygen atoms in total. The zero-order valence-electron chi connectivity index (χ0n) is 13.9. The van der Waals surface area contributed by atoms with Crippen LogP contribution in [0.3, 0.4) is 0 Å². The van der Waals surface area contributed by atoms with Crippen LogP contribution in [0.4, 0.5) is 28.4 Å². The van der Waals surface area contributed by atoms with Gasteiger partial charge in [0.25, 0.3) is 11.4 Å². The summed E-state index contributed by atoms with van der Waals surface area (Å²) in [6.45, 7) is 0. The Kier molecular flexibility index (Phi) is 4.77. The van der Waals surface area contributed by atoms with Crippen molar-refractivity contribution in [1.29, 1.82) is 5.26 Å². The molecule has 0 unspecified atom stereocenters. The predicted molar refractivity (Wildman–Crippen MR) is 99.1 cm³/mol. The topological polar surface area (TPSA) is 113 Å². The van der Waals surface area contributed by atoms with E-state index >= 15 is 0 Å². The fourth-order valence-electron chi connectivity index (χ4n) is 2.58. The van der Waals surface area contributed by atoms with E-state index in [1.54, 1.807) is 53.4 Å². The standard InChI is InChI=1S/C19H12N4O4/c20-13-14-1-3-15(4-2-14)21(16-5-9-18(10-6-16)22(24)25)17-7-11-19(12-8-17)23(26)27/h1-12H. The van der Waals surface area contributed by atoms with Gasteiger partial charge in [-0.25, -0.2) is 0 Å². The maximum atomic E-state index is 10.9. The average Bonchev–Trinajstić information content (AvgIpc) is 2.69. The third-order valence-electron chi connectivity index (χ3n) is 3.89. The molecule has 0 saturated heterocycles. The minimum absolute atomic E-state index is 0.0396. The maximum absolute atomic E-state index is 10.9. The Bertz CT molecular complexity index is 966. The largest absolute Gasteiger partial charge is 0.310 e. The lowest BCUT2D eigenvalue weighted by Crippen LogP contribution is -2.10. The zero-order valence-corrected chi connectivity index (χ0v) is 13.9. The second-order valence-corrected chi connectivity index (χ2v) is 5.54. The number of nitro groups is 2. The van der Waals surface area contributed by atoms with E-state index in [1.807, 2.05) is 6.07 Å². The van der Waals surface area contributed by atoms with Crippen molar-refractivity contribution in [3.63, 3.8) is 0 Å². The molecule has 3 aromatic carbocycles. The molecule has 0 fully saturated rings. The van der Waals surface area contributed by atoms with E-state index < -0.39 is 9.85 Å². The molecule has 27 heavy (non-hydrogen) atoms. The lowest BCUT2D eigenvalue weighted by Gasteiger charge is -2.25. The van der Waals surface area contributed by atoms with Crippen molar-refractivity contribution in [3.05, 3.63) is 98.6 Å². The molecule has 0 spiro atoms. The van der Waals surface area contributed by atoms with Gasteiger partial charge in [-0.15, -0.1) is 0 Å². The molecule has 0 atom stereocenters. The summed E-state index contributed by atoms with van der Waals surface area (Å²) in [5, 5.41) is 30.8. The van der Waals surface area contributed by atoms with Crippen LogP contribution in [0.25, 0.3) is 0 Å². The van der Waals surface area contributed by atoms with Gasteiger partial charge >= 0.3 is 0 Å². The SMILES string of the molecule is N#Cc1ccc(N(c2ccc([N+](=O)[O-])cc2)c2ccc([N+](=O)[O-])cc2)cc1. The van der Waals surface area contributed by atoms with Crippen LogP contribution in [0.5, 0.6) is 0 Å².